The maximum atomic E-state index is 5.73. The number of nitrogens with zero attached hydrogens (tertiary/aromatic N) is 4. The average Bonchev–Trinajstić information content (AvgIpc) is 2.49. The fraction of sp³-hybridized carbons (Fsp3) is 0.667. The molecule has 4 nitrogen and oxygen atoms in total. The van der Waals surface area contributed by atoms with Crippen molar-refractivity contribution in [2.24, 2.45) is 4.99 Å². The third kappa shape index (κ3) is 1.54. The predicted molar refractivity (Wildman–Crippen MR) is 58.2 cm³/mol. The number of hydrogen-bond acceptors (Lipinski definition) is 4. The van der Waals surface area contributed by atoms with Gasteiger partial charge in [0.2, 0.25) is 0 Å². The largest absolute Gasteiger partial charge is 0.357 e. The van der Waals surface area contributed by atoms with E-state index in [2.05, 4.69) is 40.0 Å². The monoisotopic (exact) mass is 214 g/mol. The number of likely N-dealkylation sites (N-methyl/N-ethyl adjacent to an activating group) is 2. The first-order valence-electron chi connectivity index (χ1n) is 4.71. The van der Waals surface area contributed by atoms with E-state index in [1.54, 1.807) is 0 Å². The zero-order valence-electron chi connectivity index (χ0n) is 8.57. The Bertz CT molecular complexity index is 287. The van der Waals surface area contributed by atoms with Gasteiger partial charge in [-0.2, -0.15) is 0 Å². The second-order valence-corrected chi connectivity index (χ2v) is 4.05. The van der Waals surface area contributed by atoms with Crippen molar-refractivity contribution in [2.75, 3.05) is 39.9 Å². The van der Waals surface area contributed by atoms with Crippen LogP contribution in [0.1, 0.15) is 0 Å². The lowest BCUT2D eigenvalue weighted by molar-refractivity contribution is 0.265. The van der Waals surface area contributed by atoms with Crippen LogP contribution in [0.5, 0.6) is 0 Å². The second-order valence-electron chi connectivity index (χ2n) is 3.68. The second kappa shape index (κ2) is 3.69. The van der Waals surface area contributed by atoms with Crippen molar-refractivity contribution in [1.82, 2.24) is 14.7 Å². The van der Waals surface area contributed by atoms with Crippen molar-refractivity contribution in [2.45, 2.75) is 0 Å². The molecule has 0 fully saturated rings. The van der Waals surface area contributed by atoms with Crippen LogP contribution in [0.2, 0.25) is 0 Å². The topological polar surface area (TPSA) is 22.1 Å². The van der Waals surface area contributed by atoms with Crippen LogP contribution < -0.4 is 0 Å². The lowest BCUT2D eigenvalue weighted by Crippen LogP contribution is -2.43. The highest BCUT2D eigenvalue weighted by molar-refractivity contribution is 6.18. The third-order valence-electron chi connectivity index (χ3n) is 2.50. The Hall–Kier alpha value is -0.900. The van der Waals surface area contributed by atoms with Crippen molar-refractivity contribution in [3.8, 4) is 0 Å². The SMILES string of the molecule is CN1CN=C2C1=CN(CCCl)CN2C. The molecule has 0 aromatic rings. The number of hydrogen-bond donors (Lipinski definition) is 0. The first kappa shape index (κ1) is 9.65. The zero-order chi connectivity index (χ0) is 10.1. The fourth-order valence-electron chi connectivity index (χ4n) is 1.77. The van der Waals surface area contributed by atoms with Crippen LogP contribution in [0.25, 0.3) is 0 Å². The van der Waals surface area contributed by atoms with Crippen molar-refractivity contribution in [3.05, 3.63) is 11.9 Å². The van der Waals surface area contributed by atoms with Gasteiger partial charge in [-0.3, -0.25) is 0 Å². The minimum Gasteiger partial charge on any atom is -0.357 e. The Labute approximate surface area is 89.4 Å². The van der Waals surface area contributed by atoms with Crippen molar-refractivity contribution >= 4 is 17.4 Å². The molecule has 0 aliphatic carbocycles. The molecule has 78 valence electrons. The molecule has 14 heavy (non-hydrogen) atoms. The lowest BCUT2D eigenvalue weighted by Gasteiger charge is -2.34. The van der Waals surface area contributed by atoms with Gasteiger partial charge in [0.15, 0.2) is 5.84 Å². The first-order chi connectivity index (χ1) is 6.72. The molecule has 0 radical (unpaired) electrons. The molecule has 5 heteroatoms. The molecule has 2 aliphatic rings. The van der Waals surface area contributed by atoms with Crippen LogP contribution in [0.4, 0.5) is 0 Å². The van der Waals surface area contributed by atoms with Gasteiger partial charge in [0, 0.05) is 32.7 Å². The van der Waals surface area contributed by atoms with E-state index in [1.807, 2.05) is 0 Å². The summed E-state index contributed by atoms with van der Waals surface area (Å²) in [6.07, 6.45) is 2.15. The number of amidine groups is 1. The van der Waals surface area contributed by atoms with Gasteiger partial charge in [0.05, 0.1) is 12.4 Å². The van der Waals surface area contributed by atoms with Crippen LogP contribution in [0.3, 0.4) is 0 Å². The molecule has 0 saturated heterocycles. The number of fused-ring (bicyclic) bond motifs is 1. The van der Waals surface area contributed by atoms with Crippen LogP contribution in [0.15, 0.2) is 16.9 Å². The highest BCUT2D eigenvalue weighted by atomic mass is 35.5. The Balaban J connectivity index is 2.20. The molecule has 0 aromatic heterocycles. The normalized spacial score (nSPS) is 20.9. The summed E-state index contributed by atoms with van der Waals surface area (Å²) in [6.45, 7) is 2.53. The maximum Gasteiger partial charge on any atom is 0.152 e. The van der Waals surface area contributed by atoms with E-state index in [-0.39, 0.29) is 0 Å². The van der Waals surface area contributed by atoms with Gasteiger partial charge in [-0.05, 0) is 0 Å². The molecule has 2 heterocycles. The van der Waals surface area contributed by atoms with Crippen molar-refractivity contribution in [1.29, 1.82) is 0 Å². The minimum absolute atomic E-state index is 0.661. The quantitative estimate of drug-likeness (QED) is 0.628. The predicted octanol–water partition coefficient (Wildman–Crippen LogP) is 0.573. The summed E-state index contributed by atoms with van der Waals surface area (Å²) in [5, 5.41) is 0. The molecular formula is C9H15ClN4. The standard InChI is InChI=1S/C9H15ClN4/c1-12-6-11-9-8(12)5-14(4-3-10)7-13(9)2/h5H,3-4,6-7H2,1-2H3. The van der Waals surface area contributed by atoms with E-state index < -0.39 is 0 Å². The molecule has 0 aromatic carbocycles. The molecule has 0 spiro atoms. The van der Waals surface area contributed by atoms with E-state index in [0.717, 1.165) is 25.7 Å². The van der Waals surface area contributed by atoms with Crippen LogP contribution in [-0.4, -0.2) is 60.4 Å². The summed E-state index contributed by atoms with van der Waals surface area (Å²) in [7, 11) is 4.12. The Morgan fingerprint density at radius 3 is 2.93 bits per heavy atom. The smallest absolute Gasteiger partial charge is 0.152 e. The first-order valence-corrected chi connectivity index (χ1v) is 5.25. The van der Waals surface area contributed by atoms with Gasteiger partial charge >= 0.3 is 0 Å². The van der Waals surface area contributed by atoms with E-state index >= 15 is 0 Å². The summed E-state index contributed by atoms with van der Waals surface area (Å²) in [5.74, 6) is 1.76. The van der Waals surface area contributed by atoms with Gasteiger partial charge in [0.25, 0.3) is 0 Å². The van der Waals surface area contributed by atoms with E-state index in [0.29, 0.717) is 5.88 Å². The van der Waals surface area contributed by atoms with Crippen molar-refractivity contribution in [3.63, 3.8) is 0 Å². The molecule has 0 bridgehead atoms. The van der Waals surface area contributed by atoms with Gasteiger partial charge in [-0.1, -0.05) is 0 Å². The van der Waals surface area contributed by atoms with E-state index in [4.69, 9.17) is 11.6 Å². The number of halogens is 1. The Morgan fingerprint density at radius 1 is 1.43 bits per heavy atom. The summed E-state index contributed by atoms with van der Waals surface area (Å²) in [5.41, 5.74) is 1.20. The number of rotatable bonds is 2. The van der Waals surface area contributed by atoms with E-state index in [1.165, 1.54) is 5.70 Å². The molecule has 0 amide bonds. The molecule has 2 rings (SSSR count). The maximum absolute atomic E-state index is 5.73. The third-order valence-corrected chi connectivity index (χ3v) is 2.67. The summed E-state index contributed by atoms with van der Waals surface area (Å²) < 4.78 is 0. The highest BCUT2D eigenvalue weighted by Crippen LogP contribution is 2.19. The lowest BCUT2D eigenvalue weighted by atomic mass is 10.3. The highest BCUT2D eigenvalue weighted by Gasteiger charge is 2.27. The average molecular weight is 215 g/mol. The van der Waals surface area contributed by atoms with Crippen LogP contribution in [0, 0.1) is 0 Å². The van der Waals surface area contributed by atoms with Gasteiger partial charge in [0.1, 0.15) is 6.67 Å². The molecule has 0 atom stereocenters. The Kier molecular flexibility index (Phi) is 2.54. The summed E-state index contributed by atoms with van der Waals surface area (Å²) >= 11 is 5.73. The van der Waals surface area contributed by atoms with Crippen molar-refractivity contribution < 1.29 is 0 Å². The van der Waals surface area contributed by atoms with Crippen LogP contribution in [-0.2, 0) is 0 Å². The summed E-state index contributed by atoms with van der Waals surface area (Å²) in [4.78, 5) is 11.0. The molecular weight excluding hydrogens is 200 g/mol. The number of alkyl halides is 1. The zero-order valence-corrected chi connectivity index (χ0v) is 9.33. The number of aliphatic imine (C=N–C) groups is 1. The molecule has 0 saturated carbocycles. The van der Waals surface area contributed by atoms with Gasteiger partial charge in [-0.25, -0.2) is 4.99 Å². The minimum atomic E-state index is 0.661. The van der Waals surface area contributed by atoms with Gasteiger partial charge < -0.3 is 14.7 Å². The van der Waals surface area contributed by atoms with Crippen LogP contribution >= 0.6 is 11.6 Å². The molecule has 2 aliphatic heterocycles. The van der Waals surface area contributed by atoms with E-state index in [9.17, 15) is 0 Å². The fourth-order valence-corrected chi connectivity index (χ4v) is 1.99. The Morgan fingerprint density at radius 2 is 2.21 bits per heavy atom. The molecule has 0 unspecified atom stereocenters. The molecule has 0 N–H and O–H groups in total. The van der Waals surface area contributed by atoms with Gasteiger partial charge in [-0.15, -0.1) is 11.6 Å². The summed E-state index contributed by atoms with van der Waals surface area (Å²) in [6, 6.07) is 0.